The molecule has 4 nitrogen and oxygen atoms in total. The molecule has 6 heteroatoms. The molecule has 0 aliphatic heterocycles. The highest BCUT2D eigenvalue weighted by Gasteiger charge is 2.17. The van der Waals surface area contributed by atoms with E-state index in [4.69, 9.17) is 4.74 Å². The normalized spacial score (nSPS) is 11.4. The van der Waals surface area contributed by atoms with Crippen LogP contribution in [0.2, 0.25) is 0 Å². The summed E-state index contributed by atoms with van der Waals surface area (Å²) in [6, 6.07) is 10.7. The van der Waals surface area contributed by atoms with E-state index in [0.29, 0.717) is 16.8 Å². The number of sulfonamides is 1. The van der Waals surface area contributed by atoms with E-state index in [1.807, 2.05) is 0 Å². The molecule has 0 aliphatic rings. The predicted octanol–water partition coefficient (Wildman–Crippen LogP) is 3.08. The zero-order chi connectivity index (χ0) is 15.5. The Kier molecular flexibility index (Phi) is 4.59. The minimum absolute atomic E-state index is 0.113. The summed E-state index contributed by atoms with van der Waals surface area (Å²) in [5.41, 5.74) is 1.52. The number of aryl methyl sites for hydroxylation is 1. The predicted molar refractivity (Wildman–Crippen MR) is 79.1 cm³/mol. The molecule has 0 aromatic heterocycles. The average molecular weight is 309 g/mol. The largest absolute Gasteiger partial charge is 0.380 e. The molecule has 0 bridgehead atoms. The van der Waals surface area contributed by atoms with Crippen LogP contribution in [0.1, 0.15) is 11.1 Å². The molecule has 0 atom stereocenters. The molecule has 0 heterocycles. The lowest BCUT2D eigenvalue weighted by Gasteiger charge is -2.12. The fourth-order valence-corrected chi connectivity index (χ4v) is 2.96. The summed E-state index contributed by atoms with van der Waals surface area (Å²) in [5.74, 6) is -0.553. The highest BCUT2D eigenvalue weighted by Crippen LogP contribution is 2.21. The Bertz CT molecular complexity index is 744. The summed E-state index contributed by atoms with van der Waals surface area (Å²) in [5, 5.41) is 0. The molecule has 0 fully saturated rings. The lowest BCUT2D eigenvalue weighted by Crippen LogP contribution is -2.14. The van der Waals surface area contributed by atoms with Gasteiger partial charge in [-0.2, -0.15) is 0 Å². The molecule has 0 saturated heterocycles. The summed E-state index contributed by atoms with van der Waals surface area (Å²) in [4.78, 5) is -0.113. The van der Waals surface area contributed by atoms with Crippen LogP contribution < -0.4 is 4.72 Å². The second-order valence-electron chi connectivity index (χ2n) is 4.61. The molecular weight excluding hydrogens is 293 g/mol. The molecule has 112 valence electrons. The van der Waals surface area contributed by atoms with Gasteiger partial charge in [0.25, 0.3) is 10.0 Å². The molecule has 2 rings (SSSR count). The number of hydrogen-bond acceptors (Lipinski definition) is 3. The molecular formula is C15H16FNO3S. The van der Waals surface area contributed by atoms with Gasteiger partial charge in [-0.05, 0) is 30.7 Å². The van der Waals surface area contributed by atoms with Crippen LogP contribution in [-0.2, 0) is 21.4 Å². The molecule has 0 spiro atoms. The smallest absolute Gasteiger partial charge is 0.262 e. The van der Waals surface area contributed by atoms with Gasteiger partial charge in [0, 0.05) is 12.7 Å². The first-order chi connectivity index (χ1) is 9.94. The third kappa shape index (κ3) is 3.59. The standard InChI is InChI=1S/C15H16FNO3S/c1-11-7-8-13(9-14(11)16)21(18,19)17-15-6-4-3-5-12(15)10-20-2/h3-9,17H,10H2,1-2H3. The summed E-state index contributed by atoms with van der Waals surface area (Å²) < 4.78 is 45.6. The monoisotopic (exact) mass is 309 g/mol. The molecule has 1 N–H and O–H groups in total. The van der Waals surface area contributed by atoms with Crippen molar-refractivity contribution < 1.29 is 17.5 Å². The van der Waals surface area contributed by atoms with E-state index in [0.717, 1.165) is 6.07 Å². The Morgan fingerprint density at radius 3 is 2.57 bits per heavy atom. The maximum Gasteiger partial charge on any atom is 0.262 e. The van der Waals surface area contributed by atoms with Crippen LogP contribution in [-0.4, -0.2) is 15.5 Å². The van der Waals surface area contributed by atoms with Crippen molar-refractivity contribution in [1.82, 2.24) is 0 Å². The van der Waals surface area contributed by atoms with Gasteiger partial charge in [0.2, 0.25) is 0 Å². The number of hydrogen-bond donors (Lipinski definition) is 1. The third-order valence-electron chi connectivity index (χ3n) is 3.02. The number of benzene rings is 2. The highest BCUT2D eigenvalue weighted by molar-refractivity contribution is 7.92. The first-order valence-electron chi connectivity index (χ1n) is 6.30. The number of halogens is 1. The van der Waals surface area contributed by atoms with Gasteiger partial charge >= 0.3 is 0 Å². The molecule has 0 unspecified atom stereocenters. The Balaban J connectivity index is 2.35. The number of nitrogens with one attached hydrogen (secondary N) is 1. The van der Waals surface area contributed by atoms with Crippen molar-refractivity contribution in [3.63, 3.8) is 0 Å². The molecule has 2 aromatic carbocycles. The Morgan fingerprint density at radius 1 is 1.19 bits per heavy atom. The topological polar surface area (TPSA) is 55.4 Å². The Labute approximate surface area is 123 Å². The Morgan fingerprint density at radius 2 is 1.90 bits per heavy atom. The SMILES string of the molecule is COCc1ccccc1NS(=O)(=O)c1ccc(C)c(F)c1. The van der Waals surface area contributed by atoms with Gasteiger partial charge in [0.05, 0.1) is 17.2 Å². The van der Waals surface area contributed by atoms with Crippen LogP contribution in [0.3, 0.4) is 0 Å². The molecule has 0 saturated carbocycles. The minimum atomic E-state index is -3.84. The fraction of sp³-hybridized carbons (Fsp3) is 0.200. The van der Waals surface area contributed by atoms with E-state index < -0.39 is 15.8 Å². The maximum atomic E-state index is 13.5. The highest BCUT2D eigenvalue weighted by atomic mass is 32.2. The minimum Gasteiger partial charge on any atom is -0.380 e. The molecule has 0 amide bonds. The van der Waals surface area contributed by atoms with Crippen molar-refractivity contribution in [2.75, 3.05) is 11.8 Å². The van der Waals surface area contributed by atoms with Crippen molar-refractivity contribution in [3.8, 4) is 0 Å². The van der Waals surface area contributed by atoms with Crippen molar-refractivity contribution >= 4 is 15.7 Å². The average Bonchev–Trinajstić information content (AvgIpc) is 2.44. The first kappa shape index (κ1) is 15.5. The van der Waals surface area contributed by atoms with Gasteiger partial charge in [0.15, 0.2) is 0 Å². The van der Waals surface area contributed by atoms with Crippen molar-refractivity contribution in [1.29, 1.82) is 0 Å². The summed E-state index contributed by atoms with van der Waals surface area (Å²) in [7, 11) is -2.31. The second-order valence-corrected chi connectivity index (χ2v) is 6.29. The number of methoxy groups -OCH3 is 1. The quantitative estimate of drug-likeness (QED) is 0.923. The van der Waals surface area contributed by atoms with Gasteiger partial charge in [-0.3, -0.25) is 4.72 Å². The van der Waals surface area contributed by atoms with Crippen LogP contribution in [0.15, 0.2) is 47.4 Å². The molecule has 2 aromatic rings. The molecule has 0 radical (unpaired) electrons. The van der Waals surface area contributed by atoms with E-state index >= 15 is 0 Å². The zero-order valence-corrected chi connectivity index (χ0v) is 12.6. The number of anilines is 1. The zero-order valence-electron chi connectivity index (χ0n) is 11.8. The van der Waals surface area contributed by atoms with Gasteiger partial charge in [-0.1, -0.05) is 24.3 Å². The van der Waals surface area contributed by atoms with Crippen molar-refractivity contribution in [3.05, 3.63) is 59.4 Å². The third-order valence-corrected chi connectivity index (χ3v) is 4.38. The van der Waals surface area contributed by atoms with E-state index in [2.05, 4.69) is 4.72 Å². The first-order valence-corrected chi connectivity index (χ1v) is 7.78. The van der Waals surface area contributed by atoms with Crippen molar-refractivity contribution in [2.45, 2.75) is 18.4 Å². The Hall–Kier alpha value is -1.92. The summed E-state index contributed by atoms with van der Waals surface area (Å²) >= 11 is 0. The van der Waals surface area contributed by atoms with Crippen LogP contribution in [0, 0.1) is 12.7 Å². The lowest BCUT2D eigenvalue weighted by atomic mass is 10.2. The van der Waals surface area contributed by atoms with E-state index in [1.165, 1.54) is 19.2 Å². The maximum absolute atomic E-state index is 13.5. The van der Waals surface area contributed by atoms with Crippen LogP contribution in [0.25, 0.3) is 0 Å². The van der Waals surface area contributed by atoms with Gasteiger partial charge < -0.3 is 4.74 Å². The summed E-state index contributed by atoms with van der Waals surface area (Å²) in [6.45, 7) is 1.86. The molecule has 0 aliphatic carbocycles. The fourth-order valence-electron chi connectivity index (χ4n) is 1.85. The number of ether oxygens (including phenoxy) is 1. The van der Waals surface area contributed by atoms with Gasteiger partial charge in [-0.25, -0.2) is 12.8 Å². The molecule has 21 heavy (non-hydrogen) atoms. The van der Waals surface area contributed by atoms with Crippen LogP contribution in [0.4, 0.5) is 10.1 Å². The van der Waals surface area contributed by atoms with E-state index in [-0.39, 0.29) is 11.5 Å². The van der Waals surface area contributed by atoms with E-state index in [9.17, 15) is 12.8 Å². The van der Waals surface area contributed by atoms with Crippen LogP contribution in [0.5, 0.6) is 0 Å². The lowest BCUT2D eigenvalue weighted by molar-refractivity contribution is 0.185. The number of para-hydroxylation sites is 1. The van der Waals surface area contributed by atoms with Crippen LogP contribution >= 0.6 is 0 Å². The van der Waals surface area contributed by atoms with E-state index in [1.54, 1.807) is 31.2 Å². The number of rotatable bonds is 5. The summed E-state index contributed by atoms with van der Waals surface area (Å²) in [6.07, 6.45) is 0. The van der Waals surface area contributed by atoms with Crippen molar-refractivity contribution in [2.24, 2.45) is 0 Å². The second kappa shape index (κ2) is 6.24. The van der Waals surface area contributed by atoms with Gasteiger partial charge in [-0.15, -0.1) is 0 Å². The van der Waals surface area contributed by atoms with Gasteiger partial charge in [0.1, 0.15) is 5.82 Å².